The third-order valence-corrected chi connectivity index (χ3v) is 3.91. The molecule has 2 nitrogen and oxygen atoms in total. The van der Waals surface area contributed by atoms with Crippen LogP contribution in [-0.2, 0) is 6.54 Å². The van der Waals surface area contributed by atoms with E-state index >= 15 is 0 Å². The van der Waals surface area contributed by atoms with Crippen molar-refractivity contribution in [2.75, 3.05) is 0 Å². The Balaban J connectivity index is 1.69. The van der Waals surface area contributed by atoms with Crippen LogP contribution in [0.25, 0.3) is 0 Å². The van der Waals surface area contributed by atoms with E-state index in [0.29, 0.717) is 6.04 Å². The average molecular weight is 262 g/mol. The molecule has 0 aromatic heterocycles. The molecular formula is C15H22N2S. The Kier molecular flexibility index (Phi) is 5.00. The lowest BCUT2D eigenvalue weighted by Gasteiger charge is -2.28. The van der Waals surface area contributed by atoms with Gasteiger partial charge in [0.2, 0.25) is 0 Å². The summed E-state index contributed by atoms with van der Waals surface area (Å²) >= 11 is 5.34. The average Bonchev–Trinajstić information content (AvgIpc) is 2.40. The quantitative estimate of drug-likeness (QED) is 0.818. The summed E-state index contributed by atoms with van der Waals surface area (Å²) in [4.78, 5) is 0. The molecule has 0 spiro atoms. The molecule has 2 N–H and O–H groups in total. The van der Waals surface area contributed by atoms with Crippen LogP contribution in [0.1, 0.15) is 38.2 Å². The van der Waals surface area contributed by atoms with E-state index in [2.05, 4.69) is 41.8 Å². The van der Waals surface area contributed by atoms with Crippen LogP contribution in [0.15, 0.2) is 30.3 Å². The topological polar surface area (TPSA) is 24.1 Å². The Labute approximate surface area is 115 Å². The summed E-state index contributed by atoms with van der Waals surface area (Å²) in [7, 11) is 0. The van der Waals surface area contributed by atoms with Gasteiger partial charge in [-0.25, -0.2) is 0 Å². The highest BCUT2D eigenvalue weighted by Gasteiger charge is 2.18. The zero-order chi connectivity index (χ0) is 12.8. The van der Waals surface area contributed by atoms with Crippen LogP contribution in [0, 0.1) is 5.92 Å². The second-order valence-electron chi connectivity index (χ2n) is 5.27. The molecule has 0 unspecified atom stereocenters. The molecule has 1 aliphatic rings. The Bertz CT molecular complexity index is 369. The molecule has 1 fully saturated rings. The number of rotatable bonds is 3. The van der Waals surface area contributed by atoms with Crippen LogP contribution in [0.3, 0.4) is 0 Å². The second-order valence-corrected chi connectivity index (χ2v) is 5.68. The first-order chi connectivity index (χ1) is 8.74. The summed E-state index contributed by atoms with van der Waals surface area (Å²) in [5, 5.41) is 7.50. The van der Waals surface area contributed by atoms with Crippen molar-refractivity contribution < 1.29 is 0 Å². The largest absolute Gasteiger partial charge is 0.360 e. The van der Waals surface area contributed by atoms with Gasteiger partial charge >= 0.3 is 0 Å². The van der Waals surface area contributed by atoms with Gasteiger partial charge in [0.15, 0.2) is 5.11 Å². The van der Waals surface area contributed by atoms with Crippen molar-refractivity contribution in [2.45, 2.75) is 45.2 Å². The van der Waals surface area contributed by atoms with Crippen molar-refractivity contribution in [1.29, 1.82) is 0 Å². The van der Waals surface area contributed by atoms with Crippen molar-refractivity contribution in [1.82, 2.24) is 10.6 Å². The Hall–Kier alpha value is -1.09. The van der Waals surface area contributed by atoms with Gasteiger partial charge in [-0.1, -0.05) is 37.3 Å². The molecule has 1 saturated carbocycles. The van der Waals surface area contributed by atoms with Crippen LogP contribution < -0.4 is 10.6 Å². The SMILES string of the molecule is CC1CCC(NC(=S)NCc2ccccc2)CC1. The number of thiocarbonyl (C=S) groups is 1. The lowest BCUT2D eigenvalue weighted by Crippen LogP contribution is -2.43. The third-order valence-electron chi connectivity index (χ3n) is 3.65. The molecule has 1 aromatic rings. The molecule has 0 saturated heterocycles. The first-order valence-electron chi connectivity index (χ1n) is 6.82. The molecule has 0 atom stereocenters. The fraction of sp³-hybridized carbons (Fsp3) is 0.533. The highest BCUT2D eigenvalue weighted by molar-refractivity contribution is 7.80. The first kappa shape index (κ1) is 13.3. The lowest BCUT2D eigenvalue weighted by molar-refractivity contribution is 0.330. The van der Waals surface area contributed by atoms with Gasteiger partial charge in [0.05, 0.1) is 0 Å². The van der Waals surface area contributed by atoms with E-state index in [0.717, 1.165) is 17.6 Å². The number of benzene rings is 1. The highest BCUT2D eigenvalue weighted by Crippen LogP contribution is 2.23. The molecule has 98 valence electrons. The van der Waals surface area contributed by atoms with Gasteiger partial charge in [-0.2, -0.15) is 0 Å². The van der Waals surface area contributed by atoms with Gasteiger partial charge in [0.1, 0.15) is 0 Å². The third kappa shape index (κ3) is 4.30. The summed E-state index contributed by atoms with van der Waals surface area (Å²) in [6, 6.07) is 10.9. The lowest BCUT2D eigenvalue weighted by atomic mass is 9.87. The molecule has 18 heavy (non-hydrogen) atoms. The number of hydrogen-bond donors (Lipinski definition) is 2. The summed E-state index contributed by atoms with van der Waals surface area (Å²) in [6.07, 6.45) is 5.13. The van der Waals surface area contributed by atoms with Crippen LogP contribution in [0.4, 0.5) is 0 Å². The van der Waals surface area contributed by atoms with Crippen molar-refractivity contribution in [3.05, 3.63) is 35.9 Å². The molecule has 0 amide bonds. The van der Waals surface area contributed by atoms with E-state index in [1.807, 2.05) is 6.07 Å². The van der Waals surface area contributed by atoms with Gasteiger partial charge in [-0.3, -0.25) is 0 Å². The highest BCUT2D eigenvalue weighted by atomic mass is 32.1. The molecule has 3 heteroatoms. The van der Waals surface area contributed by atoms with Gasteiger partial charge in [0, 0.05) is 12.6 Å². The van der Waals surface area contributed by atoms with Gasteiger partial charge in [0.25, 0.3) is 0 Å². The van der Waals surface area contributed by atoms with E-state index in [9.17, 15) is 0 Å². The fourth-order valence-corrected chi connectivity index (χ4v) is 2.66. The molecule has 0 aliphatic heterocycles. The number of hydrogen-bond acceptors (Lipinski definition) is 1. The zero-order valence-electron chi connectivity index (χ0n) is 11.0. The molecule has 1 aromatic carbocycles. The minimum atomic E-state index is 0.567. The molecule has 0 heterocycles. The monoisotopic (exact) mass is 262 g/mol. The van der Waals surface area contributed by atoms with E-state index in [-0.39, 0.29) is 0 Å². The molecular weight excluding hydrogens is 240 g/mol. The van der Waals surface area contributed by atoms with Gasteiger partial charge in [-0.05, 0) is 49.4 Å². The minimum Gasteiger partial charge on any atom is -0.360 e. The standard InChI is InChI=1S/C15H22N2S/c1-12-7-9-14(10-8-12)17-15(18)16-11-13-5-3-2-4-6-13/h2-6,12,14H,7-11H2,1H3,(H2,16,17,18). The maximum atomic E-state index is 5.34. The van der Waals surface area contributed by atoms with Crippen molar-refractivity contribution in [2.24, 2.45) is 5.92 Å². The van der Waals surface area contributed by atoms with E-state index < -0.39 is 0 Å². The molecule has 1 aliphatic carbocycles. The van der Waals surface area contributed by atoms with E-state index in [4.69, 9.17) is 12.2 Å². The van der Waals surface area contributed by atoms with E-state index in [1.165, 1.54) is 31.2 Å². The Morgan fingerprint density at radius 2 is 1.83 bits per heavy atom. The zero-order valence-corrected chi connectivity index (χ0v) is 11.8. The van der Waals surface area contributed by atoms with Crippen LogP contribution in [-0.4, -0.2) is 11.2 Å². The first-order valence-corrected chi connectivity index (χ1v) is 7.23. The van der Waals surface area contributed by atoms with Gasteiger partial charge < -0.3 is 10.6 Å². The normalized spacial score (nSPS) is 23.4. The number of nitrogens with one attached hydrogen (secondary N) is 2. The predicted octanol–water partition coefficient (Wildman–Crippen LogP) is 3.23. The molecule has 2 rings (SSSR count). The predicted molar refractivity (Wildman–Crippen MR) is 80.4 cm³/mol. The van der Waals surface area contributed by atoms with Crippen molar-refractivity contribution in [3.8, 4) is 0 Å². The maximum Gasteiger partial charge on any atom is 0.166 e. The summed E-state index contributed by atoms with van der Waals surface area (Å²) < 4.78 is 0. The maximum absolute atomic E-state index is 5.34. The van der Waals surface area contributed by atoms with Crippen molar-refractivity contribution >= 4 is 17.3 Å². The summed E-state index contributed by atoms with van der Waals surface area (Å²) in [5.74, 6) is 0.883. The molecule has 0 bridgehead atoms. The van der Waals surface area contributed by atoms with Crippen LogP contribution in [0.2, 0.25) is 0 Å². The fourth-order valence-electron chi connectivity index (χ4n) is 2.42. The summed E-state index contributed by atoms with van der Waals surface area (Å²) in [5.41, 5.74) is 1.26. The minimum absolute atomic E-state index is 0.567. The smallest absolute Gasteiger partial charge is 0.166 e. The molecule has 0 radical (unpaired) electrons. The van der Waals surface area contributed by atoms with E-state index in [1.54, 1.807) is 0 Å². The second kappa shape index (κ2) is 6.74. The van der Waals surface area contributed by atoms with Crippen LogP contribution in [0.5, 0.6) is 0 Å². The summed E-state index contributed by atoms with van der Waals surface area (Å²) in [6.45, 7) is 3.14. The Morgan fingerprint density at radius 3 is 2.50 bits per heavy atom. The Morgan fingerprint density at radius 1 is 1.17 bits per heavy atom. The van der Waals surface area contributed by atoms with Gasteiger partial charge in [-0.15, -0.1) is 0 Å². The van der Waals surface area contributed by atoms with Crippen molar-refractivity contribution in [3.63, 3.8) is 0 Å². The van der Waals surface area contributed by atoms with Crippen LogP contribution >= 0.6 is 12.2 Å².